The van der Waals surface area contributed by atoms with E-state index >= 15 is 0 Å². The van der Waals surface area contributed by atoms with Gasteiger partial charge in [-0.2, -0.15) is 0 Å². The highest BCUT2D eigenvalue weighted by Crippen LogP contribution is 2.18. The summed E-state index contributed by atoms with van der Waals surface area (Å²) in [6.07, 6.45) is 5.68. The molecule has 0 spiro atoms. The van der Waals surface area contributed by atoms with Gasteiger partial charge in [0.05, 0.1) is 0 Å². The van der Waals surface area contributed by atoms with Crippen LogP contribution in [0, 0.1) is 0 Å². The van der Waals surface area contributed by atoms with Gasteiger partial charge in [0.1, 0.15) is 24.0 Å². The van der Waals surface area contributed by atoms with Crippen LogP contribution < -0.4 is 0 Å². The van der Waals surface area contributed by atoms with Crippen molar-refractivity contribution in [3.8, 4) is 23.2 Å². The Kier molecular flexibility index (Phi) is 3.28. The summed E-state index contributed by atoms with van der Waals surface area (Å²) in [7, 11) is 0. The summed E-state index contributed by atoms with van der Waals surface area (Å²) in [6, 6.07) is 3.14. The molecule has 0 radical (unpaired) electrons. The highest BCUT2D eigenvalue weighted by atomic mass is 16.4. The smallest absolute Gasteiger partial charge is 0.306 e. The lowest BCUT2D eigenvalue weighted by atomic mass is 10.4. The Morgan fingerprint density at radius 1 is 0.750 bits per heavy atom. The van der Waals surface area contributed by atoms with Gasteiger partial charge < -0.3 is 8.83 Å². The molecule has 4 aromatic rings. The zero-order chi connectivity index (χ0) is 16.4. The fraction of sp³-hybridized carbons (Fsp3) is 0. The number of ketones is 1. The van der Waals surface area contributed by atoms with Gasteiger partial charge in [-0.25, -0.2) is 19.9 Å². The Morgan fingerprint density at radius 2 is 1.25 bits per heavy atom. The van der Waals surface area contributed by atoms with Gasteiger partial charge in [0, 0.05) is 12.4 Å². The summed E-state index contributed by atoms with van der Waals surface area (Å²) in [5.41, 5.74) is 0.785. The van der Waals surface area contributed by atoms with Crippen molar-refractivity contribution in [1.29, 1.82) is 0 Å². The van der Waals surface area contributed by atoms with E-state index in [-0.39, 0.29) is 23.6 Å². The summed E-state index contributed by atoms with van der Waals surface area (Å²) in [5, 5.41) is 14.9. The van der Waals surface area contributed by atoms with Crippen LogP contribution >= 0.6 is 0 Å². The van der Waals surface area contributed by atoms with Crippen LogP contribution in [0.25, 0.3) is 23.2 Å². The van der Waals surface area contributed by atoms with Crippen LogP contribution in [0.4, 0.5) is 0 Å². The van der Waals surface area contributed by atoms with Gasteiger partial charge in [0.25, 0.3) is 23.6 Å². The zero-order valence-corrected chi connectivity index (χ0v) is 11.8. The molecule has 11 heteroatoms. The summed E-state index contributed by atoms with van der Waals surface area (Å²) >= 11 is 0. The minimum Gasteiger partial charge on any atom is -0.412 e. The average Bonchev–Trinajstić information content (AvgIpc) is 3.33. The van der Waals surface area contributed by atoms with Crippen LogP contribution in [0.2, 0.25) is 0 Å². The van der Waals surface area contributed by atoms with Crippen LogP contribution in [0.1, 0.15) is 16.6 Å². The second-order valence-electron chi connectivity index (χ2n) is 4.34. The summed E-state index contributed by atoms with van der Waals surface area (Å²) in [4.78, 5) is 27.7. The van der Waals surface area contributed by atoms with Crippen molar-refractivity contribution in [2.24, 2.45) is 0 Å². The molecular weight excluding hydrogens is 316 g/mol. The van der Waals surface area contributed by atoms with E-state index in [1.807, 2.05) is 0 Å². The molecule has 0 aliphatic carbocycles. The number of carbonyl (C=O) groups is 1. The molecule has 0 atom stereocenters. The van der Waals surface area contributed by atoms with Gasteiger partial charge in [-0.1, -0.05) is 0 Å². The lowest BCUT2D eigenvalue weighted by molar-refractivity contribution is 0.0971. The van der Waals surface area contributed by atoms with Crippen LogP contribution in [-0.4, -0.2) is 46.1 Å². The van der Waals surface area contributed by atoms with Gasteiger partial charge in [0.2, 0.25) is 0 Å². The first-order valence-corrected chi connectivity index (χ1v) is 6.56. The lowest BCUT2D eigenvalue weighted by Gasteiger charge is -1.91. The van der Waals surface area contributed by atoms with E-state index in [1.165, 1.54) is 25.0 Å². The van der Waals surface area contributed by atoms with Crippen molar-refractivity contribution < 1.29 is 13.6 Å². The number of rotatable bonds is 4. The lowest BCUT2D eigenvalue weighted by Crippen LogP contribution is -2.02. The van der Waals surface area contributed by atoms with Gasteiger partial charge in [-0.3, -0.25) is 4.79 Å². The van der Waals surface area contributed by atoms with E-state index in [0.29, 0.717) is 11.4 Å². The maximum Gasteiger partial charge on any atom is 0.306 e. The normalized spacial score (nSPS) is 10.7. The van der Waals surface area contributed by atoms with Crippen molar-refractivity contribution in [2.75, 3.05) is 0 Å². The SMILES string of the molecule is O=C(c1nnc(-c2ccncn2)o1)c1nnc(-c2ccncn2)o1. The average molecular weight is 322 g/mol. The molecule has 0 amide bonds. The third kappa shape index (κ3) is 2.49. The molecule has 0 aliphatic rings. The molecule has 4 aromatic heterocycles. The van der Waals surface area contributed by atoms with E-state index in [1.54, 1.807) is 12.1 Å². The molecule has 4 heterocycles. The fourth-order valence-corrected chi connectivity index (χ4v) is 1.76. The van der Waals surface area contributed by atoms with Crippen molar-refractivity contribution in [3.63, 3.8) is 0 Å². The first-order chi connectivity index (χ1) is 11.8. The van der Waals surface area contributed by atoms with Crippen molar-refractivity contribution in [2.45, 2.75) is 0 Å². The van der Waals surface area contributed by atoms with Gasteiger partial charge >= 0.3 is 5.78 Å². The number of aromatic nitrogens is 8. The van der Waals surface area contributed by atoms with Gasteiger partial charge in [-0.05, 0) is 12.1 Å². The zero-order valence-electron chi connectivity index (χ0n) is 11.8. The molecule has 0 N–H and O–H groups in total. The van der Waals surface area contributed by atoms with E-state index in [9.17, 15) is 4.79 Å². The van der Waals surface area contributed by atoms with E-state index in [0.717, 1.165) is 0 Å². The first kappa shape index (κ1) is 13.8. The topological polar surface area (TPSA) is 146 Å². The minimum absolute atomic E-state index is 0.0799. The summed E-state index contributed by atoms with van der Waals surface area (Å²) in [6.45, 7) is 0. The second-order valence-corrected chi connectivity index (χ2v) is 4.34. The molecule has 11 nitrogen and oxygen atoms in total. The third-order valence-electron chi connectivity index (χ3n) is 2.84. The summed E-state index contributed by atoms with van der Waals surface area (Å²) < 4.78 is 10.6. The van der Waals surface area contributed by atoms with Gasteiger partial charge in [0.15, 0.2) is 0 Å². The van der Waals surface area contributed by atoms with Crippen molar-refractivity contribution >= 4 is 5.78 Å². The number of hydrogen-bond donors (Lipinski definition) is 0. The molecule has 0 aliphatic heterocycles. The number of hydrogen-bond acceptors (Lipinski definition) is 11. The molecule has 116 valence electrons. The first-order valence-electron chi connectivity index (χ1n) is 6.56. The molecule has 24 heavy (non-hydrogen) atoms. The Hall–Kier alpha value is -3.89. The molecule has 0 aromatic carbocycles. The predicted molar refractivity (Wildman–Crippen MR) is 74.1 cm³/mol. The van der Waals surface area contributed by atoms with Crippen LogP contribution in [0.3, 0.4) is 0 Å². The predicted octanol–water partition coefficient (Wildman–Crippen LogP) is 0.598. The number of carbonyl (C=O) groups excluding carboxylic acids is 1. The molecule has 0 fully saturated rings. The van der Waals surface area contributed by atoms with Crippen LogP contribution in [-0.2, 0) is 0 Å². The monoisotopic (exact) mass is 322 g/mol. The fourth-order valence-electron chi connectivity index (χ4n) is 1.76. The molecule has 0 unspecified atom stereocenters. The Balaban J connectivity index is 1.61. The highest BCUT2D eigenvalue weighted by molar-refractivity contribution is 6.02. The van der Waals surface area contributed by atoms with Crippen molar-refractivity contribution in [1.82, 2.24) is 40.3 Å². The Labute approximate surface area is 132 Å². The minimum atomic E-state index is -0.699. The Bertz CT molecular complexity index is 903. The maximum absolute atomic E-state index is 12.3. The van der Waals surface area contributed by atoms with E-state index in [4.69, 9.17) is 8.83 Å². The molecule has 0 saturated carbocycles. The van der Waals surface area contributed by atoms with E-state index in [2.05, 4.69) is 40.3 Å². The third-order valence-corrected chi connectivity index (χ3v) is 2.84. The van der Waals surface area contributed by atoms with Gasteiger partial charge in [-0.15, -0.1) is 20.4 Å². The second kappa shape index (κ2) is 5.72. The van der Waals surface area contributed by atoms with Crippen LogP contribution in [0.5, 0.6) is 0 Å². The van der Waals surface area contributed by atoms with E-state index < -0.39 is 5.78 Å². The molecular formula is C13H6N8O3. The maximum atomic E-state index is 12.3. The van der Waals surface area contributed by atoms with Crippen LogP contribution in [0.15, 0.2) is 46.0 Å². The molecule has 0 saturated heterocycles. The Morgan fingerprint density at radius 3 is 1.67 bits per heavy atom. The van der Waals surface area contributed by atoms with Crippen molar-refractivity contribution in [3.05, 3.63) is 49.0 Å². The standard InChI is InChI=1S/C13H6N8O3/c22-9(12-20-18-10(23-12)7-1-3-14-5-16-7)13-21-19-11(24-13)8-2-4-15-6-17-8/h1-6H. The number of nitrogens with zero attached hydrogens (tertiary/aromatic N) is 8. The molecule has 4 rings (SSSR count). The summed E-state index contributed by atoms with van der Waals surface area (Å²) in [5.74, 6) is -1.12. The largest absolute Gasteiger partial charge is 0.412 e. The quantitative estimate of drug-likeness (QED) is 0.486. The highest BCUT2D eigenvalue weighted by Gasteiger charge is 2.24. The molecule has 0 bridgehead atoms.